The molecule has 3 heteroatoms. The monoisotopic (exact) mass is 233 g/mol. The van der Waals surface area contributed by atoms with Crippen LogP contribution < -0.4 is 4.74 Å². The third kappa shape index (κ3) is 2.42. The van der Waals surface area contributed by atoms with Gasteiger partial charge in [0, 0.05) is 11.1 Å². The lowest BCUT2D eigenvalue weighted by Crippen LogP contribution is -1.98. The van der Waals surface area contributed by atoms with E-state index in [4.69, 9.17) is 4.74 Å². The molecule has 0 N–H and O–H groups in total. The summed E-state index contributed by atoms with van der Waals surface area (Å²) in [6.07, 6.45) is 0. The summed E-state index contributed by atoms with van der Waals surface area (Å²) in [4.78, 5) is 4.38. The standard InChI is InChI=1S/C13H15NOS/c1-9-5-4-6-10(2)13(9)15-7-12-14-11(3)8-16-12/h4-6,8H,7H2,1-3H3. The SMILES string of the molecule is Cc1csc(COc2c(C)cccc2C)n1. The van der Waals surface area contributed by atoms with Gasteiger partial charge < -0.3 is 4.74 Å². The summed E-state index contributed by atoms with van der Waals surface area (Å²) in [5.41, 5.74) is 3.41. The highest BCUT2D eigenvalue weighted by molar-refractivity contribution is 7.09. The molecular formula is C13H15NOS. The van der Waals surface area contributed by atoms with E-state index < -0.39 is 0 Å². The fraction of sp³-hybridized carbons (Fsp3) is 0.308. The van der Waals surface area contributed by atoms with E-state index in [2.05, 4.69) is 31.0 Å². The predicted octanol–water partition coefficient (Wildman–Crippen LogP) is 3.65. The summed E-state index contributed by atoms with van der Waals surface area (Å²) in [6, 6.07) is 6.18. The number of aromatic nitrogens is 1. The number of ether oxygens (including phenoxy) is 1. The summed E-state index contributed by atoms with van der Waals surface area (Å²) >= 11 is 1.64. The molecular weight excluding hydrogens is 218 g/mol. The number of para-hydroxylation sites is 1. The van der Waals surface area contributed by atoms with Crippen molar-refractivity contribution in [1.29, 1.82) is 0 Å². The fourth-order valence-corrected chi connectivity index (χ4v) is 2.31. The second kappa shape index (κ2) is 4.66. The van der Waals surface area contributed by atoms with Gasteiger partial charge in [0.15, 0.2) is 0 Å². The first-order valence-corrected chi connectivity index (χ1v) is 6.15. The molecule has 0 amide bonds. The molecule has 0 unspecified atom stereocenters. The maximum absolute atomic E-state index is 5.81. The molecule has 1 aromatic heterocycles. The molecule has 16 heavy (non-hydrogen) atoms. The van der Waals surface area contributed by atoms with Gasteiger partial charge in [0.1, 0.15) is 17.4 Å². The highest BCUT2D eigenvalue weighted by atomic mass is 32.1. The molecule has 0 aliphatic heterocycles. The Hall–Kier alpha value is -1.35. The van der Waals surface area contributed by atoms with Crippen molar-refractivity contribution < 1.29 is 4.74 Å². The van der Waals surface area contributed by atoms with Gasteiger partial charge in [0.25, 0.3) is 0 Å². The first kappa shape index (κ1) is 11.1. The zero-order valence-electron chi connectivity index (χ0n) is 9.78. The van der Waals surface area contributed by atoms with E-state index in [1.54, 1.807) is 11.3 Å². The minimum absolute atomic E-state index is 0.560. The Morgan fingerprint density at radius 3 is 2.44 bits per heavy atom. The van der Waals surface area contributed by atoms with Gasteiger partial charge in [-0.1, -0.05) is 18.2 Å². The molecule has 0 aliphatic rings. The van der Waals surface area contributed by atoms with Crippen LogP contribution in [-0.4, -0.2) is 4.98 Å². The number of nitrogens with zero attached hydrogens (tertiary/aromatic N) is 1. The van der Waals surface area contributed by atoms with E-state index in [-0.39, 0.29) is 0 Å². The molecule has 84 valence electrons. The highest BCUT2D eigenvalue weighted by Gasteiger charge is 2.05. The van der Waals surface area contributed by atoms with Crippen molar-refractivity contribution in [1.82, 2.24) is 4.98 Å². The van der Waals surface area contributed by atoms with Crippen molar-refractivity contribution in [3.8, 4) is 5.75 Å². The molecule has 0 saturated carbocycles. The van der Waals surface area contributed by atoms with Crippen LogP contribution in [0, 0.1) is 20.8 Å². The van der Waals surface area contributed by atoms with Crippen LogP contribution in [0.5, 0.6) is 5.75 Å². The van der Waals surface area contributed by atoms with Crippen LogP contribution in [0.1, 0.15) is 21.8 Å². The van der Waals surface area contributed by atoms with E-state index in [0.717, 1.165) is 16.5 Å². The normalized spacial score (nSPS) is 10.4. The largest absolute Gasteiger partial charge is 0.486 e. The lowest BCUT2D eigenvalue weighted by molar-refractivity contribution is 0.301. The van der Waals surface area contributed by atoms with E-state index in [1.165, 1.54) is 11.1 Å². The Morgan fingerprint density at radius 1 is 1.19 bits per heavy atom. The van der Waals surface area contributed by atoms with Crippen LogP contribution in [0.25, 0.3) is 0 Å². The Morgan fingerprint density at radius 2 is 1.88 bits per heavy atom. The molecule has 0 atom stereocenters. The molecule has 0 radical (unpaired) electrons. The van der Waals surface area contributed by atoms with Gasteiger partial charge in [-0.25, -0.2) is 4.98 Å². The van der Waals surface area contributed by atoms with E-state index in [0.29, 0.717) is 6.61 Å². The van der Waals surface area contributed by atoms with E-state index in [9.17, 15) is 0 Å². The minimum Gasteiger partial charge on any atom is -0.486 e. The third-order valence-electron chi connectivity index (χ3n) is 2.42. The van der Waals surface area contributed by atoms with Crippen molar-refractivity contribution in [3.63, 3.8) is 0 Å². The van der Waals surface area contributed by atoms with Crippen LogP contribution in [0.3, 0.4) is 0 Å². The van der Waals surface area contributed by atoms with Crippen molar-refractivity contribution in [2.75, 3.05) is 0 Å². The summed E-state index contributed by atoms with van der Waals surface area (Å²) < 4.78 is 5.81. The molecule has 0 bridgehead atoms. The number of rotatable bonds is 3. The predicted molar refractivity (Wildman–Crippen MR) is 67.1 cm³/mol. The smallest absolute Gasteiger partial charge is 0.140 e. The van der Waals surface area contributed by atoms with Gasteiger partial charge in [0.05, 0.1) is 0 Å². The average molecular weight is 233 g/mol. The fourth-order valence-electron chi connectivity index (χ4n) is 1.63. The van der Waals surface area contributed by atoms with Gasteiger partial charge in [0.2, 0.25) is 0 Å². The van der Waals surface area contributed by atoms with Crippen molar-refractivity contribution in [2.45, 2.75) is 27.4 Å². The molecule has 1 aromatic carbocycles. The lowest BCUT2D eigenvalue weighted by Gasteiger charge is -2.10. The maximum Gasteiger partial charge on any atom is 0.140 e. The maximum atomic E-state index is 5.81. The van der Waals surface area contributed by atoms with Crippen LogP contribution in [0.2, 0.25) is 0 Å². The van der Waals surface area contributed by atoms with Gasteiger partial charge in [-0.05, 0) is 31.9 Å². The molecule has 2 aromatic rings. The number of hydrogen-bond acceptors (Lipinski definition) is 3. The first-order chi connectivity index (χ1) is 7.66. The topological polar surface area (TPSA) is 22.1 Å². The minimum atomic E-state index is 0.560. The summed E-state index contributed by atoms with van der Waals surface area (Å²) in [5, 5.41) is 3.07. The lowest BCUT2D eigenvalue weighted by atomic mass is 10.1. The van der Waals surface area contributed by atoms with Crippen molar-refractivity contribution in [2.24, 2.45) is 0 Å². The van der Waals surface area contributed by atoms with Crippen molar-refractivity contribution in [3.05, 3.63) is 45.4 Å². The molecule has 2 rings (SSSR count). The van der Waals surface area contributed by atoms with E-state index >= 15 is 0 Å². The van der Waals surface area contributed by atoms with Crippen LogP contribution in [0.4, 0.5) is 0 Å². The van der Waals surface area contributed by atoms with Gasteiger partial charge in [-0.3, -0.25) is 0 Å². The quantitative estimate of drug-likeness (QED) is 0.807. The second-order valence-corrected chi connectivity index (χ2v) is 4.83. The Labute approximate surface area is 99.9 Å². The Bertz CT molecular complexity index is 470. The van der Waals surface area contributed by atoms with Gasteiger partial charge in [-0.2, -0.15) is 0 Å². The third-order valence-corrected chi connectivity index (χ3v) is 3.36. The van der Waals surface area contributed by atoms with Gasteiger partial charge in [-0.15, -0.1) is 11.3 Å². The molecule has 0 aliphatic carbocycles. The molecule has 0 saturated heterocycles. The van der Waals surface area contributed by atoms with E-state index in [1.807, 2.05) is 18.4 Å². The van der Waals surface area contributed by atoms with Crippen LogP contribution in [-0.2, 0) is 6.61 Å². The summed E-state index contributed by atoms with van der Waals surface area (Å²) in [7, 11) is 0. The highest BCUT2D eigenvalue weighted by Crippen LogP contribution is 2.23. The molecule has 0 spiro atoms. The Balaban J connectivity index is 2.10. The summed E-state index contributed by atoms with van der Waals surface area (Å²) in [6.45, 7) is 6.69. The molecule has 1 heterocycles. The molecule has 2 nitrogen and oxygen atoms in total. The van der Waals surface area contributed by atoms with Crippen molar-refractivity contribution >= 4 is 11.3 Å². The first-order valence-electron chi connectivity index (χ1n) is 5.27. The second-order valence-electron chi connectivity index (χ2n) is 3.89. The Kier molecular flexibility index (Phi) is 3.25. The summed E-state index contributed by atoms with van der Waals surface area (Å²) in [5.74, 6) is 0.982. The van der Waals surface area contributed by atoms with Crippen LogP contribution >= 0.6 is 11.3 Å². The number of aryl methyl sites for hydroxylation is 3. The zero-order chi connectivity index (χ0) is 11.5. The zero-order valence-corrected chi connectivity index (χ0v) is 10.6. The number of benzene rings is 1. The number of hydrogen-bond donors (Lipinski definition) is 0. The average Bonchev–Trinajstić information content (AvgIpc) is 2.63. The van der Waals surface area contributed by atoms with Crippen LogP contribution in [0.15, 0.2) is 23.6 Å². The number of thiazole rings is 1. The molecule has 0 fully saturated rings. The van der Waals surface area contributed by atoms with Gasteiger partial charge >= 0.3 is 0 Å².